The van der Waals surface area contributed by atoms with Gasteiger partial charge in [0, 0.05) is 18.8 Å². The second-order valence-corrected chi connectivity index (χ2v) is 8.05. The summed E-state index contributed by atoms with van der Waals surface area (Å²) in [4.78, 5) is 16.9. The zero-order chi connectivity index (χ0) is 19.2. The van der Waals surface area contributed by atoms with Crippen LogP contribution in [0.25, 0.3) is 11.4 Å². The summed E-state index contributed by atoms with van der Waals surface area (Å²) in [5.41, 5.74) is 3.87. The number of nitrogens with zero attached hydrogens (tertiary/aromatic N) is 4. The quantitative estimate of drug-likeness (QED) is 0.598. The number of carbonyl (C=O) groups is 1. The molecule has 1 aliphatic rings. The Hall–Kier alpha value is -2.77. The van der Waals surface area contributed by atoms with Crippen LogP contribution in [0.4, 0.5) is 0 Å². The third-order valence-electron chi connectivity index (χ3n) is 4.82. The van der Waals surface area contributed by atoms with E-state index in [2.05, 4.69) is 32.7 Å². The molecule has 2 heterocycles. The van der Waals surface area contributed by atoms with Gasteiger partial charge in [-0.3, -0.25) is 9.48 Å². The summed E-state index contributed by atoms with van der Waals surface area (Å²) in [5, 5.41) is 11.1. The number of rotatable bonds is 4. The largest absolute Gasteiger partial charge is 0.345 e. The molecule has 1 amide bonds. The van der Waals surface area contributed by atoms with E-state index in [0.717, 1.165) is 24.0 Å². The van der Waals surface area contributed by atoms with Gasteiger partial charge in [0.05, 0.1) is 17.8 Å². The van der Waals surface area contributed by atoms with Crippen molar-refractivity contribution in [3.05, 3.63) is 53.2 Å². The maximum atomic E-state index is 12.4. The number of fused-ring (bicyclic) bond motifs is 1. The van der Waals surface area contributed by atoms with Crippen LogP contribution in [-0.4, -0.2) is 49.4 Å². The van der Waals surface area contributed by atoms with E-state index in [-0.39, 0.29) is 17.1 Å². The smallest absolute Gasteiger partial charge is 0.254 e. The van der Waals surface area contributed by atoms with Gasteiger partial charge in [0.1, 0.15) is 23.5 Å². The molecule has 0 fully saturated rings. The Morgan fingerprint density at radius 1 is 1.37 bits per heavy atom. The highest BCUT2D eigenvalue weighted by Gasteiger charge is 2.26. The third-order valence-corrected chi connectivity index (χ3v) is 4.82. The van der Waals surface area contributed by atoms with Crippen molar-refractivity contribution in [3.63, 3.8) is 0 Å². The van der Waals surface area contributed by atoms with Crippen LogP contribution in [0.3, 0.4) is 0 Å². The molecular weight excluding hydrogens is 339 g/mol. The summed E-state index contributed by atoms with van der Waals surface area (Å²) in [5.74, 6) is 1.13. The SMILES string of the molecule is BC(B)(B)c1nc(-c2ccc3c(c2)CC[C@H]3NC(=O)c2cnn(C)c2)no1. The summed E-state index contributed by atoms with van der Waals surface area (Å²) in [7, 11) is 7.93. The minimum Gasteiger partial charge on any atom is -0.345 e. The van der Waals surface area contributed by atoms with Crippen LogP contribution in [-0.2, 0) is 18.6 Å². The number of benzene rings is 1. The molecule has 27 heavy (non-hydrogen) atoms. The Morgan fingerprint density at radius 3 is 2.85 bits per heavy atom. The lowest BCUT2D eigenvalue weighted by Gasteiger charge is -2.13. The average Bonchev–Trinajstić information content (AvgIpc) is 3.33. The molecule has 1 aromatic carbocycles. The molecule has 0 unspecified atom stereocenters. The highest BCUT2D eigenvalue weighted by molar-refractivity contribution is 6.58. The first kappa shape index (κ1) is 17.6. The molecule has 2 aromatic heterocycles. The van der Waals surface area contributed by atoms with Crippen LogP contribution >= 0.6 is 0 Å². The topological polar surface area (TPSA) is 85.8 Å². The van der Waals surface area contributed by atoms with Gasteiger partial charge >= 0.3 is 0 Å². The number of carbonyl (C=O) groups excluding carboxylic acids is 1. The van der Waals surface area contributed by atoms with Crippen LogP contribution in [0.2, 0.25) is 0 Å². The zero-order valence-electron chi connectivity index (χ0n) is 16.0. The molecule has 0 radical (unpaired) electrons. The maximum absolute atomic E-state index is 12.4. The molecular formula is C17H20B3N5O2. The molecule has 1 N–H and O–H groups in total. The van der Waals surface area contributed by atoms with Gasteiger partial charge in [-0.1, -0.05) is 17.3 Å². The molecule has 0 aliphatic heterocycles. The molecule has 1 atom stereocenters. The lowest BCUT2D eigenvalue weighted by molar-refractivity contribution is 0.0936. The Bertz CT molecular complexity index is 1010. The van der Waals surface area contributed by atoms with E-state index in [0.29, 0.717) is 17.3 Å². The average molecular weight is 359 g/mol. The van der Waals surface area contributed by atoms with E-state index in [9.17, 15) is 4.79 Å². The van der Waals surface area contributed by atoms with E-state index >= 15 is 0 Å². The van der Waals surface area contributed by atoms with Gasteiger partial charge in [-0.05, 0) is 35.1 Å². The van der Waals surface area contributed by atoms with Crippen molar-refractivity contribution in [1.29, 1.82) is 0 Å². The van der Waals surface area contributed by atoms with E-state index in [1.54, 1.807) is 24.1 Å². The van der Waals surface area contributed by atoms with Gasteiger partial charge in [0.2, 0.25) is 11.7 Å². The van der Waals surface area contributed by atoms with Crippen molar-refractivity contribution in [1.82, 2.24) is 25.2 Å². The third kappa shape index (κ3) is 3.43. The summed E-state index contributed by atoms with van der Waals surface area (Å²) in [6, 6.07) is 6.16. The van der Waals surface area contributed by atoms with Crippen LogP contribution in [0.1, 0.15) is 39.8 Å². The summed E-state index contributed by atoms with van der Waals surface area (Å²) in [6.07, 6.45) is 5.09. The van der Waals surface area contributed by atoms with Crippen molar-refractivity contribution in [2.45, 2.75) is 24.0 Å². The number of aromatic nitrogens is 4. The molecule has 10 heteroatoms. The summed E-state index contributed by atoms with van der Waals surface area (Å²) >= 11 is 0. The van der Waals surface area contributed by atoms with Gasteiger partial charge in [0.25, 0.3) is 5.91 Å². The predicted octanol–water partition coefficient (Wildman–Crippen LogP) is -1.10. The molecule has 7 nitrogen and oxygen atoms in total. The molecule has 0 spiro atoms. The first-order chi connectivity index (χ1) is 12.8. The molecule has 3 aromatic rings. The van der Waals surface area contributed by atoms with Gasteiger partial charge < -0.3 is 9.84 Å². The monoisotopic (exact) mass is 359 g/mol. The Balaban J connectivity index is 1.54. The number of hydrogen-bond donors (Lipinski definition) is 1. The van der Waals surface area contributed by atoms with Crippen LogP contribution in [0.5, 0.6) is 0 Å². The Morgan fingerprint density at radius 2 is 2.19 bits per heavy atom. The van der Waals surface area contributed by atoms with E-state index in [4.69, 9.17) is 4.52 Å². The van der Waals surface area contributed by atoms with Gasteiger partial charge in [-0.2, -0.15) is 10.1 Å². The minimum absolute atomic E-state index is 0.0113. The molecule has 0 saturated heterocycles. The first-order valence-corrected chi connectivity index (χ1v) is 9.08. The second-order valence-electron chi connectivity index (χ2n) is 8.05. The van der Waals surface area contributed by atoms with Gasteiger partial charge in [-0.25, -0.2) is 0 Å². The van der Waals surface area contributed by atoms with E-state index in [1.807, 2.05) is 29.6 Å². The lowest BCUT2D eigenvalue weighted by Crippen LogP contribution is -2.27. The molecule has 4 rings (SSSR count). The Kier molecular flexibility index (Phi) is 4.21. The number of aryl methyl sites for hydroxylation is 2. The fourth-order valence-electron chi connectivity index (χ4n) is 3.33. The van der Waals surface area contributed by atoms with Gasteiger partial charge in [-0.15, -0.1) is 0 Å². The van der Waals surface area contributed by atoms with Crippen LogP contribution < -0.4 is 5.32 Å². The number of hydrogen-bond acceptors (Lipinski definition) is 5. The highest BCUT2D eigenvalue weighted by atomic mass is 16.5. The normalized spacial score (nSPS) is 16.3. The van der Waals surface area contributed by atoms with E-state index < -0.39 is 0 Å². The molecule has 1 aliphatic carbocycles. The molecule has 134 valence electrons. The summed E-state index contributed by atoms with van der Waals surface area (Å²) < 4.78 is 7.03. The fourth-order valence-corrected chi connectivity index (χ4v) is 3.33. The standard InChI is InChI=1S/C17H20B3N5O2/c1-25-8-11(7-21-25)15(26)22-13-5-3-9-6-10(2-4-12(9)13)14-23-16(27-24-14)17(18,19)20/h2,4,6-8,13H,3,5,18-20H2,1H3,(H,22,26)/t13-/m1/s1. The molecule has 0 saturated carbocycles. The first-order valence-electron chi connectivity index (χ1n) is 9.08. The fraction of sp³-hybridized carbons (Fsp3) is 0.294. The maximum Gasteiger partial charge on any atom is 0.254 e. The van der Waals surface area contributed by atoms with Crippen molar-refractivity contribution >= 4 is 29.4 Å². The number of amides is 1. The summed E-state index contributed by atoms with van der Waals surface area (Å²) in [6.45, 7) is 0. The predicted molar refractivity (Wildman–Crippen MR) is 109 cm³/mol. The van der Waals surface area contributed by atoms with Crippen molar-refractivity contribution in [3.8, 4) is 11.4 Å². The number of nitrogens with one attached hydrogen (secondary N) is 1. The van der Waals surface area contributed by atoms with Crippen LogP contribution in [0, 0.1) is 0 Å². The van der Waals surface area contributed by atoms with E-state index in [1.165, 1.54) is 5.56 Å². The van der Waals surface area contributed by atoms with Crippen molar-refractivity contribution in [2.75, 3.05) is 0 Å². The van der Waals surface area contributed by atoms with Crippen LogP contribution in [0.15, 0.2) is 35.1 Å². The highest BCUT2D eigenvalue weighted by Crippen LogP contribution is 2.34. The second kappa shape index (κ2) is 6.44. The van der Waals surface area contributed by atoms with Crippen molar-refractivity contribution in [2.24, 2.45) is 7.05 Å². The lowest BCUT2D eigenvalue weighted by atomic mass is 9.42. The van der Waals surface area contributed by atoms with Gasteiger partial charge in [0.15, 0.2) is 0 Å². The molecule has 0 bridgehead atoms. The minimum atomic E-state index is -0.177. The van der Waals surface area contributed by atoms with Crippen molar-refractivity contribution < 1.29 is 9.32 Å². The Labute approximate surface area is 160 Å². The zero-order valence-corrected chi connectivity index (χ0v) is 16.0.